The number of aliphatic hydroxyl groups is 1. The Bertz CT molecular complexity index is 1170. The van der Waals surface area contributed by atoms with Crippen LogP contribution in [0.2, 0.25) is 0 Å². The molecular weight excluding hydrogens is 446 g/mol. The van der Waals surface area contributed by atoms with Crippen molar-refractivity contribution in [3.63, 3.8) is 0 Å². The highest BCUT2D eigenvalue weighted by molar-refractivity contribution is 7.93. The fourth-order valence-electron chi connectivity index (χ4n) is 2.96. The van der Waals surface area contributed by atoms with Gasteiger partial charge in [-0.3, -0.25) is 4.98 Å². The number of aliphatic hydroxyl groups excluding tert-OH is 1. The average Bonchev–Trinajstić information content (AvgIpc) is 2.82. The van der Waals surface area contributed by atoms with E-state index in [0.717, 1.165) is 11.1 Å². The lowest BCUT2D eigenvalue weighted by molar-refractivity contribution is 0.188. The van der Waals surface area contributed by atoms with Gasteiger partial charge in [0.1, 0.15) is 6.61 Å². The molecule has 0 aliphatic carbocycles. The highest BCUT2D eigenvalue weighted by atomic mass is 32.2. The number of aromatic nitrogens is 3. The lowest BCUT2D eigenvalue weighted by Gasteiger charge is -2.28. The number of aryl methyl sites for hydroxylation is 1. The number of carbonyl (C=O) groups is 1. The molecule has 1 N–H and O–H groups in total. The van der Waals surface area contributed by atoms with Gasteiger partial charge in [-0.15, -0.1) is 0 Å². The fraction of sp³-hybridized carbons (Fsp3) is 0.273. The van der Waals surface area contributed by atoms with Gasteiger partial charge in [-0.25, -0.2) is 23.2 Å². The molecule has 33 heavy (non-hydrogen) atoms. The van der Waals surface area contributed by atoms with Crippen molar-refractivity contribution in [1.29, 1.82) is 0 Å². The topological polar surface area (TPSA) is 126 Å². The number of pyridine rings is 1. The molecule has 0 unspecified atom stereocenters. The van der Waals surface area contributed by atoms with Crippen molar-refractivity contribution < 1.29 is 23.1 Å². The molecule has 0 fully saturated rings. The number of nitrogens with zero attached hydrogens (tertiary/aromatic N) is 5. The maximum Gasteiger partial charge on any atom is 0.340 e. The molecule has 174 valence electrons. The van der Waals surface area contributed by atoms with Crippen LogP contribution in [-0.2, 0) is 16.6 Å². The quantitative estimate of drug-likeness (QED) is 0.504. The van der Waals surface area contributed by atoms with Crippen molar-refractivity contribution in [3.05, 3.63) is 72.3 Å². The summed E-state index contributed by atoms with van der Waals surface area (Å²) in [5.41, 5.74) is 1.59. The number of carbonyl (C=O) groups excluding carboxylic acids is 1. The number of sulfonamides is 1. The smallest absolute Gasteiger partial charge is 0.340 e. The van der Waals surface area contributed by atoms with Crippen LogP contribution in [0, 0.1) is 6.92 Å². The van der Waals surface area contributed by atoms with E-state index < -0.39 is 16.1 Å². The van der Waals surface area contributed by atoms with Crippen molar-refractivity contribution in [2.45, 2.75) is 25.3 Å². The van der Waals surface area contributed by atoms with Crippen LogP contribution < -0.4 is 9.04 Å². The first-order chi connectivity index (χ1) is 15.9. The Labute approximate surface area is 192 Å². The predicted molar refractivity (Wildman–Crippen MR) is 121 cm³/mol. The highest BCUT2D eigenvalue weighted by Crippen LogP contribution is 2.30. The number of anilines is 1. The zero-order valence-electron chi connectivity index (χ0n) is 18.3. The summed E-state index contributed by atoms with van der Waals surface area (Å²) in [6.45, 7) is 3.34. The van der Waals surface area contributed by atoms with Crippen LogP contribution >= 0.6 is 0 Å². The van der Waals surface area contributed by atoms with Gasteiger partial charge in [0.15, 0.2) is 0 Å². The third-order valence-electron chi connectivity index (χ3n) is 4.69. The van der Waals surface area contributed by atoms with Crippen molar-refractivity contribution in [1.82, 2.24) is 19.9 Å². The lowest BCUT2D eigenvalue weighted by atomic mass is 10.2. The Morgan fingerprint density at radius 2 is 1.82 bits per heavy atom. The molecule has 0 saturated heterocycles. The summed E-state index contributed by atoms with van der Waals surface area (Å²) in [5, 5.41) is 9.36. The maximum absolute atomic E-state index is 13.6. The number of benzene rings is 1. The van der Waals surface area contributed by atoms with Gasteiger partial charge in [0.2, 0.25) is 5.82 Å². The van der Waals surface area contributed by atoms with Crippen molar-refractivity contribution in [2.75, 3.05) is 24.0 Å². The second-order valence-electron chi connectivity index (χ2n) is 7.00. The molecule has 0 aliphatic heterocycles. The monoisotopic (exact) mass is 471 g/mol. The zero-order valence-corrected chi connectivity index (χ0v) is 19.1. The van der Waals surface area contributed by atoms with E-state index in [1.54, 1.807) is 43.6 Å². The zero-order chi connectivity index (χ0) is 23.8. The summed E-state index contributed by atoms with van der Waals surface area (Å²) >= 11 is 0. The van der Waals surface area contributed by atoms with Gasteiger partial charge in [-0.05, 0) is 32.0 Å². The standard InChI is InChI=1S/C22H25N5O5S/c1-3-26(13-14-28)22(29)27(33(30,31)19-8-6-17(2)7-9-19)20-21(25-12-11-24-20)32-16-18-5-4-10-23-15-18/h4-12,15,28H,3,13-14,16H2,1-2H3. The van der Waals surface area contributed by atoms with Crippen molar-refractivity contribution in [2.24, 2.45) is 0 Å². The first kappa shape index (κ1) is 24.1. The SMILES string of the molecule is CCN(CCO)C(=O)N(c1nccnc1OCc1cccnc1)S(=O)(=O)c1ccc(C)cc1. The summed E-state index contributed by atoms with van der Waals surface area (Å²) in [7, 11) is -4.38. The van der Waals surface area contributed by atoms with Gasteiger partial charge in [-0.1, -0.05) is 23.8 Å². The van der Waals surface area contributed by atoms with Crippen LogP contribution in [0.5, 0.6) is 5.88 Å². The third-order valence-corrected chi connectivity index (χ3v) is 6.37. The second kappa shape index (κ2) is 10.8. The van der Waals surface area contributed by atoms with E-state index in [1.165, 1.54) is 29.4 Å². The van der Waals surface area contributed by atoms with Gasteiger partial charge in [0, 0.05) is 43.4 Å². The molecule has 11 heteroatoms. The van der Waals surface area contributed by atoms with Crippen molar-refractivity contribution >= 4 is 21.9 Å². The van der Waals surface area contributed by atoms with E-state index in [0.29, 0.717) is 4.31 Å². The van der Waals surface area contributed by atoms with E-state index in [4.69, 9.17) is 4.74 Å². The molecule has 0 bridgehead atoms. The van der Waals surface area contributed by atoms with Crippen LogP contribution in [0.25, 0.3) is 0 Å². The predicted octanol–water partition coefficient (Wildman–Crippen LogP) is 2.39. The van der Waals surface area contributed by atoms with Gasteiger partial charge in [-0.2, -0.15) is 4.31 Å². The molecule has 2 aromatic heterocycles. The fourth-order valence-corrected chi connectivity index (χ4v) is 4.32. The molecule has 1 aromatic carbocycles. The second-order valence-corrected chi connectivity index (χ2v) is 8.79. The average molecular weight is 472 g/mol. The summed E-state index contributed by atoms with van der Waals surface area (Å²) in [4.78, 5) is 26.8. The number of ether oxygens (including phenoxy) is 1. The van der Waals surface area contributed by atoms with Crippen LogP contribution in [0.15, 0.2) is 66.1 Å². The molecule has 0 atom stereocenters. The van der Waals surface area contributed by atoms with Gasteiger partial charge < -0.3 is 14.7 Å². The number of urea groups is 1. The highest BCUT2D eigenvalue weighted by Gasteiger charge is 2.37. The molecule has 2 heterocycles. The minimum absolute atomic E-state index is 0.0419. The van der Waals surface area contributed by atoms with Gasteiger partial charge in [0.05, 0.1) is 11.5 Å². The number of hydrogen-bond acceptors (Lipinski definition) is 8. The first-order valence-electron chi connectivity index (χ1n) is 10.2. The van der Waals surface area contributed by atoms with E-state index >= 15 is 0 Å². The molecule has 0 radical (unpaired) electrons. The Kier molecular flexibility index (Phi) is 7.91. The minimum Gasteiger partial charge on any atom is -0.470 e. The van der Waals surface area contributed by atoms with E-state index in [9.17, 15) is 18.3 Å². The summed E-state index contributed by atoms with van der Waals surface area (Å²) in [6, 6.07) is 8.75. The van der Waals surface area contributed by atoms with Crippen LogP contribution in [0.4, 0.5) is 10.6 Å². The molecule has 2 amide bonds. The number of rotatable bonds is 9. The van der Waals surface area contributed by atoms with Gasteiger partial charge in [0.25, 0.3) is 15.9 Å². The van der Waals surface area contributed by atoms with Crippen LogP contribution in [0.1, 0.15) is 18.1 Å². The normalized spacial score (nSPS) is 11.1. The van der Waals surface area contributed by atoms with E-state index in [-0.39, 0.29) is 42.9 Å². The number of likely N-dealkylation sites (N-methyl/N-ethyl adjacent to an activating group) is 1. The molecular formula is C22H25N5O5S. The first-order valence-corrected chi connectivity index (χ1v) is 11.7. The molecule has 0 saturated carbocycles. The molecule has 3 rings (SSSR count). The third kappa shape index (κ3) is 5.62. The minimum atomic E-state index is -4.38. The molecule has 3 aromatic rings. The summed E-state index contributed by atoms with van der Waals surface area (Å²) in [6.07, 6.45) is 5.84. The summed E-state index contributed by atoms with van der Waals surface area (Å²) < 4.78 is 33.5. The van der Waals surface area contributed by atoms with Crippen LogP contribution in [-0.4, -0.2) is 59.1 Å². The van der Waals surface area contributed by atoms with Crippen LogP contribution in [0.3, 0.4) is 0 Å². The Balaban J connectivity index is 2.08. The Hall–Kier alpha value is -3.57. The molecule has 0 aliphatic rings. The van der Waals surface area contributed by atoms with E-state index in [1.807, 2.05) is 6.92 Å². The largest absolute Gasteiger partial charge is 0.470 e. The van der Waals surface area contributed by atoms with E-state index in [2.05, 4.69) is 15.0 Å². The number of amides is 2. The lowest BCUT2D eigenvalue weighted by Crippen LogP contribution is -2.48. The Morgan fingerprint density at radius 3 is 2.45 bits per heavy atom. The van der Waals surface area contributed by atoms with Gasteiger partial charge >= 0.3 is 6.03 Å². The Morgan fingerprint density at radius 1 is 1.09 bits per heavy atom. The molecule has 0 spiro atoms. The molecule has 10 nitrogen and oxygen atoms in total. The summed E-state index contributed by atoms with van der Waals surface area (Å²) in [5.74, 6) is -0.409. The van der Waals surface area contributed by atoms with Crippen molar-refractivity contribution in [3.8, 4) is 5.88 Å². The maximum atomic E-state index is 13.6. The number of hydrogen-bond donors (Lipinski definition) is 1.